The number of rotatable bonds is 2. The number of aryl methyl sites for hydroxylation is 1. The number of anilines is 1. The average Bonchev–Trinajstić information content (AvgIpc) is 3.04. The van der Waals surface area contributed by atoms with Crippen LogP contribution in [0, 0.1) is 11.3 Å². The number of fused-ring (bicyclic) bond motifs is 1. The molecule has 2 atom stereocenters. The van der Waals surface area contributed by atoms with Gasteiger partial charge in [-0.25, -0.2) is 4.98 Å². The van der Waals surface area contributed by atoms with Gasteiger partial charge in [-0.2, -0.15) is 10.4 Å². The monoisotopic (exact) mass is 380 g/mol. The molecule has 0 spiro atoms. The summed E-state index contributed by atoms with van der Waals surface area (Å²) >= 11 is 0. The lowest BCUT2D eigenvalue weighted by Gasteiger charge is -2.35. The summed E-state index contributed by atoms with van der Waals surface area (Å²) in [5, 5.41) is 13.4. The van der Waals surface area contributed by atoms with Crippen molar-refractivity contribution < 1.29 is 9.53 Å². The maximum absolute atomic E-state index is 13.2. The van der Waals surface area contributed by atoms with Crippen molar-refractivity contribution in [3.63, 3.8) is 0 Å². The Morgan fingerprint density at radius 1 is 1.25 bits per heavy atom. The second kappa shape index (κ2) is 7.24. The van der Waals surface area contributed by atoms with Gasteiger partial charge in [0.2, 0.25) is 0 Å². The first-order valence-corrected chi connectivity index (χ1v) is 9.59. The van der Waals surface area contributed by atoms with Crippen molar-refractivity contribution >= 4 is 11.7 Å². The maximum atomic E-state index is 13.2. The summed E-state index contributed by atoms with van der Waals surface area (Å²) in [5.41, 5.74) is 3.13. The number of piperazine rings is 1. The Morgan fingerprint density at radius 3 is 2.64 bits per heavy atom. The van der Waals surface area contributed by atoms with Gasteiger partial charge >= 0.3 is 0 Å². The van der Waals surface area contributed by atoms with Crippen LogP contribution in [0.1, 0.15) is 47.3 Å². The van der Waals surface area contributed by atoms with Crippen LogP contribution in [0.2, 0.25) is 0 Å². The minimum absolute atomic E-state index is 0.00872. The summed E-state index contributed by atoms with van der Waals surface area (Å²) < 4.78 is 7.68. The van der Waals surface area contributed by atoms with Crippen molar-refractivity contribution in [1.29, 1.82) is 5.26 Å². The van der Waals surface area contributed by atoms with Crippen LogP contribution in [-0.2, 0) is 18.2 Å². The highest BCUT2D eigenvalue weighted by Gasteiger charge is 2.33. The van der Waals surface area contributed by atoms with Gasteiger partial charge in [0.15, 0.2) is 5.69 Å². The van der Waals surface area contributed by atoms with Gasteiger partial charge in [0.25, 0.3) is 5.91 Å². The van der Waals surface area contributed by atoms with Crippen LogP contribution in [0.15, 0.2) is 18.3 Å². The summed E-state index contributed by atoms with van der Waals surface area (Å²) in [6.45, 7) is 6.68. The van der Waals surface area contributed by atoms with Crippen molar-refractivity contribution in [1.82, 2.24) is 19.7 Å². The number of amides is 1. The molecule has 2 aromatic rings. The number of hydrogen-bond acceptors (Lipinski definition) is 6. The van der Waals surface area contributed by atoms with Gasteiger partial charge in [-0.15, -0.1) is 0 Å². The van der Waals surface area contributed by atoms with Crippen LogP contribution in [0.5, 0.6) is 0 Å². The van der Waals surface area contributed by atoms with Crippen LogP contribution < -0.4 is 4.90 Å². The van der Waals surface area contributed by atoms with E-state index in [0.717, 1.165) is 17.1 Å². The molecule has 146 valence electrons. The van der Waals surface area contributed by atoms with Gasteiger partial charge in [0.1, 0.15) is 11.9 Å². The van der Waals surface area contributed by atoms with Gasteiger partial charge < -0.3 is 14.5 Å². The van der Waals surface area contributed by atoms with E-state index in [4.69, 9.17) is 10.00 Å². The van der Waals surface area contributed by atoms with Crippen molar-refractivity contribution in [2.45, 2.75) is 32.5 Å². The van der Waals surface area contributed by atoms with Crippen LogP contribution in [-0.4, -0.2) is 57.9 Å². The molecule has 0 bridgehead atoms. The van der Waals surface area contributed by atoms with E-state index < -0.39 is 0 Å². The smallest absolute Gasteiger partial charge is 0.274 e. The zero-order valence-corrected chi connectivity index (χ0v) is 16.4. The van der Waals surface area contributed by atoms with E-state index in [9.17, 15) is 4.79 Å². The van der Waals surface area contributed by atoms with E-state index in [0.29, 0.717) is 43.9 Å². The Kier molecular flexibility index (Phi) is 4.77. The van der Waals surface area contributed by atoms with Crippen molar-refractivity contribution in [3.05, 3.63) is 40.8 Å². The zero-order chi connectivity index (χ0) is 19.8. The molecule has 8 heteroatoms. The summed E-state index contributed by atoms with van der Waals surface area (Å²) in [5.74, 6) is 0.826. The molecule has 0 saturated carbocycles. The molecule has 4 rings (SSSR count). The molecule has 28 heavy (non-hydrogen) atoms. The van der Waals surface area contributed by atoms with Gasteiger partial charge in [0.05, 0.1) is 23.5 Å². The Balaban J connectivity index is 1.48. The van der Waals surface area contributed by atoms with E-state index in [-0.39, 0.29) is 18.1 Å². The molecule has 4 heterocycles. The second-order valence-corrected chi connectivity index (χ2v) is 7.43. The number of nitrogens with zero attached hydrogens (tertiary/aromatic N) is 6. The molecule has 2 aromatic heterocycles. The molecular formula is C20H24N6O2. The van der Waals surface area contributed by atoms with Gasteiger partial charge in [-0.05, 0) is 26.0 Å². The molecular weight excluding hydrogens is 356 g/mol. The van der Waals surface area contributed by atoms with E-state index in [1.807, 2.05) is 31.9 Å². The van der Waals surface area contributed by atoms with Gasteiger partial charge in [-0.1, -0.05) is 0 Å². The van der Waals surface area contributed by atoms with E-state index in [2.05, 4.69) is 21.1 Å². The van der Waals surface area contributed by atoms with Crippen LogP contribution in [0.4, 0.5) is 5.82 Å². The molecule has 0 aromatic carbocycles. The molecule has 2 aliphatic rings. The van der Waals surface area contributed by atoms with Crippen LogP contribution >= 0.6 is 0 Å². The average molecular weight is 380 g/mol. The number of nitriles is 1. The molecule has 1 saturated heterocycles. The third kappa shape index (κ3) is 3.22. The summed E-state index contributed by atoms with van der Waals surface area (Å²) in [6, 6.07) is 5.70. The van der Waals surface area contributed by atoms with Crippen LogP contribution in [0.25, 0.3) is 0 Å². The molecule has 8 nitrogen and oxygen atoms in total. The Bertz CT molecular complexity index is 921. The third-order valence-corrected chi connectivity index (χ3v) is 5.48. The van der Waals surface area contributed by atoms with Gasteiger partial charge in [-0.3, -0.25) is 9.48 Å². The highest BCUT2D eigenvalue weighted by atomic mass is 16.5. The Hall–Kier alpha value is -2.92. The number of ether oxygens (including phenoxy) is 1. The van der Waals surface area contributed by atoms with E-state index in [1.165, 1.54) is 0 Å². The zero-order valence-electron chi connectivity index (χ0n) is 16.4. The number of pyridine rings is 1. The SMILES string of the molecule is C[C@@H]1Cc2c(C(=O)N3CCN(c4ccc(C#N)cn4)CC3)nn(C)c2[C@H](C)O1. The minimum Gasteiger partial charge on any atom is -0.369 e. The third-order valence-electron chi connectivity index (χ3n) is 5.48. The number of carbonyl (C=O) groups excluding carboxylic acids is 1. The molecule has 1 fully saturated rings. The molecule has 0 N–H and O–H groups in total. The first-order valence-electron chi connectivity index (χ1n) is 9.59. The predicted octanol–water partition coefficient (Wildman–Crippen LogP) is 1.67. The predicted molar refractivity (Wildman–Crippen MR) is 103 cm³/mol. The largest absolute Gasteiger partial charge is 0.369 e. The normalized spacial score (nSPS) is 21.9. The Labute approximate surface area is 164 Å². The Morgan fingerprint density at radius 2 is 2.00 bits per heavy atom. The van der Waals surface area contributed by atoms with Crippen molar-refractivity contribution in [3.8, 4) is 6.07 Å². The summed E-state index contributed by atoms with van der Waals surface area (Å²) in [7, 11) is 1.87. The van der Waals surface area contributed by atoms with Gasteiger partial charge in [0, 0.05) is 51.4 Å². The first-order chi connectivity index (χ1) is 13.5. The lowest BCUT2D eigenvalue weighted by molar-refractivity contribution is -0.00906. The second-order valence-electron chi connectivity index (χ2n) is 7.43. The van der Waals surface area contributed by atoms with Crippen molar-refractivity contribution in [2.24, 2.45) is 7.05 Å². The number of carbonyl (C=O) groups is 1. The molecule has 0 radical (unpaired) electrons. The fourth-order valence-corrected chi connectivity index (χ4v) is 4.14. The maximum Gasteiger partial charge on any atom is 0.274 e. The fourth-order valence-electron chi connectivity index (χ4n) is 4.14. The highest BCUT2D eigenvalue weighted by Crippen LogP contribution is 2.32. The molecule has 0 unspecified atom stereocenters. The summed E-state index contributed by atoms with van der Waals surface area (Å²) in [6.07, 6.45) is 2.32. The number of aromatic nitrogens is 3. The molecule has 2 aliphatic heterocycles. The van der Waals surface area contributed by atoms with E-state index >= 15 is 0 Å². The van der Waals surface area contributed by atoms with Crippen molar-refractivity contribution in [2.75, 3.05) is 31.1 Å². The number of hydrogen-bond donors (Lipinski definition) is 0. The lowest BCUT2D eigenvalue weighted by Crippen LogP contribution is -2.49. The first kappa shape index (κ1) is 18.4. The molecule has 0 aliphatic carbocycles. The van der Waals surface area contributed by atoms with Crippen LogP contribution in [0.3, 0.4) is 0 Å². The summed E-state index contributed by atoms with van der Waals surface area (Å²) in [4.78, 5) is 21.5. The lowest BCUT2D eigenvalue weighted by atomic mass is 9.99. The van der Waals surface area contributed by atoms with E-state index in [1.54, 1.807) is 16.9 Å². The minimum atomic E-state index is -0.0582. The fraction of sp³-hybridized carbons (Fsp3) is 0.500. The quantitative estimate of drug-likeness (QED) is 0.788. The standard InChI is InChI=1S/C20H24N6O2/c1-13-10-16-18(23-24(3)19(16)14(2)28-13)20(27)26-8-6-25(7-9-26)17-5-4-15(11-21)12-22-17/h4-5,12-14H,6-10H2,1-3H3/t13-,14+/m1/s1. The highest BCUT2D eigenvalue weighted by molar-refractivity contribution is 5.94. The topological polar surface area (TPSA) is 87.3 Å². The molecule has 1 amide bonds.